The molecule has 0 aliphatic heterocycles. The number of hydrogen-bond acceptors (Lipinski definition) is 5. The van der Waals surface area contributed by atoms with Gasteiger partial charge in [0, 0.05) is 57.0 Å². The molecule has 1 aliphatic rings. The van der Waals surface area contributed by atoms with Crippen molar-refractivity contribution in [1.82, 2.24) is 15.0 Å². The third-order valence-corrected chi connectivity index (χ3v) is 12.0. The standard InChI is InChI=1S/C45H29N3S2/c1-3-13-28(14-4-1)30-25-26-33(37(27-30)29-15-5-2-6-16-29)43-46-44(35-20-12-24-40-41(35)34-18-8-10-23-39(34)49-40)48-45(47-43)36-21-11-19-32-31-17-7-9-22-38(31)50-42(32)36/h1,3-5,7-27H,2,6H2. The lowest BCUT2D eigenvalue weighted by atomic mass is 9.91. The average molecular weight is 676 g/mol. The predicted octanol–water partition coefficient (Wildman–Crippen LogP) is 13.0. The molecule has 5 heteroatoms. The van der Waals surface area contributed by atoms with Gasteiger partial charge in [0.2, 0.25) is 0 Å². The van der Waals surface area contributed by atoms with Crippen molar-refractivity contribution in [2.45, 2.75) is 12.8 Å². The molecular formula is C45H29N3S2. The first kappa shape index (κ1) is 29.2. The minimum Gasteiger partial charge on any atom is -0.208 e. The highest BCUT2D eigenvalue weighted by atomic mass is 32.1. The van der Waals surface area contributed by atoms with E-state index in [2.05, 4.69) is 152 Å². The maximum absolute atomic E-state index is 5.35. The summed E-state index contributed by atoms with van der Waals surface area (Å²) < 4.78 is 4.93. The Hall–Kier alpha value is -5.75. The van der Waals surface area contributed by atoms with Crippen molar-refractivity contribution in [2.75, 3.05) is 0 Å². The van der Waals surface area contributed by atoms with Crippen molar-refractivity contribution in [2.24, 2.45) is 0 Å². The fourth-order valence-electron chi connectivity index (χ4n) is 7.22. The van der Waals surface area contributed by atoms with E-state index < -0.39 is 0 Å². The summed E-state index contributed by atoms with van der Waals surface area (Å²) in [6.07, 6.45) is 8.91. The van der Waals surface area contributed by atoms with E-state index in [-0.39, 0.29) is 0 Å². The normalized spacial score (nSPS) is 13.1. The topological polar surface area (TPSA) is 38.7 Å². The summed E-state index contributed by atoms with van der Waals surface area (Å²) in [4.78, 5) is 16.0. The summed E-state index contributed by atoms with van der Waals surface area (Å²) in [5.41, 5.74) is 7.73. The van der Waals surface area contributed by atoms with Crippen molar-refractivity contribution in [1.29, 1.82) is 0 Å². The lowest BCUT2D eigenvalue weighted by molar-refractivity contribution is 1.04. The van der Waals surface area contributed by atoms with Gasteiger partial charge in [-0.1, -0.05) is 115 Å². The number of rotatable bonds is 5. The molecule has 3 aromatic heterocycles. The van der Waals surface area contributed by atoms with Crippen LogP contribution in [0.3, 0.4) is 0 Å². The Labute approximate surface area is 297 Å². The Kier molecular flexibility index (Phi) is 7.00. The molecule has 0 radical (unpaired) electrons. The number of nitrogens with zero attached hydrogens (tertiary/aromatic N) is 3. The smallest absolute Gasteiger partial charge is 0.165 e. The average Bonchev–Trinajstić information content (AvgIpc) is 3.77. The van der Waals surface area contributed by atoms with Gasteiger partial charge in [-0.15, -0.1) is 22.7 Å². The number of fused-ring (bicyclic) bond motifs is 6. The SMILES string of the molecule is C1=CC(c2cc(-c3ccccc3)ccc2-c2nc(-c3cccc4c3sc3ccccc34)nc(-c3cccc4sc5ccccc5c34)n2)=CCC1. The number of hydrogen-bond donors (Lipinski definition) is 0. The van der Waals surface area contributed by atoms with Crippen LogP contribution in [0.2, 0.25) is 0 Å². The highest BCUT2D eigenvalue weighted by molar-refractivity contribution is 7.26. The Morgan fingerprint density at radius 2 is 1.10 bits per heavy atom. The minimum absolute atomic E-state index is 0.675. The highest BCUT2D eigenvalue weighted by Crippen LogP contribution is 2.43. The molecule has 9 aromatic rings. The van der Waals surface area contributed by atoms with E-state index in [1.807, 2.05) is 11.3 Å². The first-order valence-electron chi connectivity index (χ1n) is 16.9. The van der Waals surface area contributed by atoms with Crippen molar-refractivity contribution in [3.8, 4) is 45.3 Å². The maximum atomic E-state index is 5.35. The van der Waals surface area contributed by atoms with Crippen molar-refractivity contribution in [3.05, 3.63) is 157 Å². The van der Waals surface area contributed by atoms with E-state index in [1.165, 1.54) is 57.0 Å². The molecule has 0 saturated carbocycles. The summed E-state index contributed by atoms with van der Waals surface area (Å²) in [6.45, 7) is 0. The van der Waals surface area contributed by atoms with E-state index >= 15 is 0 Å². The molecule has 0 saturated heterocycles. The van der Waals surface area contributed by atoms with Gasteiger partial charge in [0.15, 0.2) is 17.5 Å². The molecule has 50 heavy (non-hydrogen) atoms. The lowest BCUT2D eigenvalue weighted by Crippen LogP contribution is -2.02. The van der Waals surface area contributed by atoms with E-state index in [0.29, 0.717) is 17.5 Å². The van der Waals surface area contributed by atoms with E-state index in [4.69, 9.17) is 15.0 Å². The van der Waals surface area contributed by atoms with Gasteiger partial charge in [0.1, 0.15) is 0 Å². The first-order valence-corrected chi connectivity index (χ1v) is 18.6. The molecule has 236 valence electrons. The molecule has 3 nitrogen and oxygen atoms in total. The molecule has 1 aliphatic carbocycles. The molecule has 0 atom stereocenters. The van der Waals surface area contributed by atoms with Crippen molar-refractivity contribution < 1.29 is 0 Å². The second-order valence-electron chi connectivity index (χ2n) is 12.6. The molecule has 0 bridgehead atoms. The van der Waals surface area contributed by atoms with Crippen molar-refractivity contribution >= 4 is 68.6 Å². The Morgan fingerprint density at radius 1 is 0.440 bits per heavy atom. The Balaban J connectivity index is 1.26. The number of benzene rings is 6. The zero-order valence-electron chi connectivity index (χ0n) is 27.0. The highest BCUT2D eigenvalue weighted by Gasteiger charge is 2.21. The molecule has 0 fully saturated rings. The van der Waals surface area contributed by atoms with E-state index in [9.17, 15) is 0 Å². The second-order valence-corrected chi connectivity index (χ2v) is 14.8. The van der Waals surface area contributed by atoms with Crippen LogP contribution in [0.5, 0.6) is 0 Å². The molecular weight excluding hydrogens is 647 g/mol. The van der Waals surface area contributed by atoms with E-state index in [1.54, 1.807) is 11.3 Å². The van der Waals surface area contributed by atoms with Crippen LogP contribution in [0, 0.1) is 0 Å². The van der Waals surface area contributed by atoms with Crippen LogP contribution < -0.4 is 0 Å². The monoisotopic (exact) mass is 675 g/mol. The molecule has 6 aromatic carbocycles. The summed E-state index contributed by atoms with van der Waals surface area (Å²) in [5.74, 6) is 2.04. The van der Waals surface area contributed by atoms with Crippen LogP contribution >= 0.6 is 22.7 Å². The third-order valence-electron chi connectivity index (χ3n) is 9.60. The summed E-state index contributed by atoms with van der Waals surface area (Å²) in [5, 5.41) is 4.90. The Bertz CT molecular complexity index is 2820. The van der Waals surface area contributed by atoms with Crippen LogP contribution in [0.25, 0.3) is 91.2 Å². The number of thiophene rings is 2. The van der Waals surface area contributed by atoms with Crippen LogP contribution in [0.1, 0.15) is 18.4 Å². The van der Waals surface area contributed by atoms with Crippen LogP contribution in [-0.4, -0.2) is 15.0 Å². The van der Waals surface area contributed by atoms with Crippen LogP contribution in [0.15, 0.2) is 152 Å². The quantitative estimate of drug-likeness (QED) is 0.182. The number of allylic oxidation sites excluding steroid dienone is 4. The van der Waals surface area contributed by atoms with Gasteiger partial charge in [-0.3, -0.25) is 0 Å². The maximum Gasteiger partial charge on any atom is 0.165 e. The summed E-state index contributed by atoms with van der Waals surface area (Å²) in [7, 11) is 0. The summed E-state index contributed by atoms with van der Waals surface area (Å²) >= 11 is 3.61. The largest absolute Gasteiger partial charge is 0.208 e. The minimum atomic E-state index is 0.675. The zero-order valence-corrected chi connectivity index (χ0v) is 28.6. The van der Waals surface area contributed by atoms with Crippen LogP contribution in [-0.2, 0) is 0 Å². The summed E-state index contributed by atoms with van der Waals surface area (Å²) in [6, 6.07) is 47.5. The number of aromatic nitrogens is 3. The lowest BCUT2D eigenvalue weighted by Gasteiger charge is -2.16. The van der Waals surface area contributed by atoms with Crippen molar-refractivity contribution in [3.63, 3.8) is 0 Å². The van der Waals surface area contributed by atoms with Gasteiger partial charge in [-0.05, 0) is 71.5 Å². The zero-order chi connectivity index (χ0) is 33.0. The molecule has 3 heterocycles. The van der Waals surface area contributed by atoms with Gasteiger partial charge in [-0.2, -0.15) is 0 Å². The molecule has 0 spiro atoms. The van der Waals surface area contributed by atoms with Gasteiger partial charge in [-0.25, -0.2) is 15.0 Å². The fourth-order valence-corrected chi connectivity index (χ4v) is 9.57. The molecule has 0 amide bonds. The Morgan fingerprint density at radius 3 is 1.92 bits per heavy atom. The van der Waals surface area contributed by atoms with Gasteiger partial charge < -0.3 is 0 Å². The van der Waals surface area contributed by atoms with E-state index in [0.717, 1.165) is 35.1 Å². The molecule has 10 rings (SSSR count). The van der Waals surface area contributed by atoms with Crippen LogP contribution in [0.4, 0.5) is 0 Å². The van der Waals surface area contributed by atoms with Gasteiger partial charge in [0.05, 0.1) is 0 Å². The molecule has 0 unspecified atom stereocenters. The predicted molar refractivity (Wildman–Crippen MR) is 214 cm³/mol. The van der Waals surface area contributed by atoms with Gasteiger partial charge >= 0.3 is 0 Å². The second kappa shape index (κ2) is 12.0. The fraction of sp³-hybridized carbons (Fsp3) is 0.0444. The first-order chi connectivity index (χ1) is 24.8. The third kappa shape index (κ3) is 4.89. The van der Waals surface area contributed by atoms with Gasteiger partial charge in [0.25, 0.3) is 0 Å². The molecule has 0 N–H and O–H groups in total.